The van der Waals surface area contributed by atoms with Crippen LogP contribution in [0.2, 0.25) is 0 Å². The summed E-state index contributed by atoms with van der Waals surface area (Å²) in [6.45, 7) is 1.57. The van der Waals surface area contributed by atoms with Crippen molar-refractivity contribution in [3.8, 4) is 6.19 Å². The fourth-order valence-electron chi connectivity index (χ4n) is 1.22. The molecule has 1 aliphatic heterocycles. The maximum absolute atomic E-state index is 11.0. The van der Waals surface area contributed by atoms with E-state index in [2.05, 4.69) is 5.32 Å². The van der Waals surface area contributed by atoms with Crippen LogP contribution in [0, 0.1) is 11.5 Å². The number of likely N-dealkylation sites (tertiary alicyclic amines) is 1. The van der Waals surface area contributed by atoms with Gasteiger partial charge >= 0.3 is 6.03 Å². The second-order valence-corrected chi connectivity index (χ2v) is 2.59. The number of urea groups is 1. The smallest absolute Gasteiger partial charge is 0.324 e. The standard InChI is InChI=1S/C7H11N3O/c8-6-9-7(11)10-4-2-1-3-5-10/h1-5H2,(H,9,11). The highest BCUT2D eigenvalue weighted by Crippen LogP contribution is 2.07. The van der Waals surface area contributed by atoms with Crippen molar-refractivity contribution in [1.82, 2.24) is 10.2 Å². The molecule has 2 amide bonds. The molecule has 1 rings (SSSR count). The van der Waals surface area contributed by atoms with Crippen LogP contribution in [0.3, 0.4) is 0 Å². The predicted octanol–water partition coefficient (Wildman–Crippen LogP) is 0.663. The van der Waals surface area contributed by atoms with E-state index in [1.54, 1.807) is 11.1 Å². The number of hydrogen-bond donors (Lipinski definition) is 1. The summed E-state index contributed by atoms with van der Waals surface area (Å²) in [5, 5.41) is 10.3. The number of hydrogen-bond acceptors (Lipinski definition) is 2. The van der Waals surface area contributed by atoms with Crippen LogP contribution < -0.4 is 5.32 Å². The molecule has 1 heterocycles. The van der Waals surface area contributed by atoms with Gasteiger partial charge in [0.15, 0.2) is 6.19 Å². The highest BCUT2D eigenvalue weighted by Gasteiger charge is 2.14. The van der Waals surface area contributed by atoms with Gasteiger partial charge in [-0.05, 0) is 19.3 Å². The van der Waals surface area contributed by atoms with Crippen molar-refractivity contribution < 1.29 is 4.79 Å². The summed E-state index contributed by atoms with van der Waals surface area (Å²) in [6, 6.07) is -0.257. The lowest BCUT2D eigenvalue weighted by Gasteiger charge is -2.25. The second kappa shape index (κ2) is 3.81. The lowest BCUT2D eigenvalue weighted by Crippen LogP contribution is -2.40. The number of amides is 2. The average molecular weight is 153 g/mol. The molecule has 0 aromatic carbocycles. The Morgan fingerprint density at radius 2 is 2.00 bits per heavy atom. The number of carbonyl (C=O) groups is 1. The molecule has 11 heavy (non-hydrogen) atoms. The number of nitrogens with one attached hydrogen (secondary N) is 1. The molecule has 1 N–H and O–H groups in total. The maximum atomic E-state index is 11.0. The Morgan fingerprint density at radius 3 is 2.55 bits per heavy atom. The topological polar surface area (TPSA) is 56.1 Å². The monoisotopic (exact) mass is 153 g/mol. The van der Waals surface area contributed by atoms with Gasteiger partial charge in [-0.3, -0.25) is 0 Å². The molecule has 1 saturated heterocycles. The highest BCUT2D eigenvalue weighted by molar-refractivity contribution is 5.75. The van der Waals surface area contributed by atoms with Crippen molar-refractivity contribution in [2.45, 2.75) is 19.3 Å². The minimum Gasteiger partial charge on any atom is -0.324 e. The van der Waals surface area contributed by atoms with Crippen LogP contribution in [0.4, 0.5) is 4.79 Å². The van der Waals surface area contributed by atoms with E-state index in [-0.39, 0.29) is 6.03 Å². The zero-order valence-electron chi connectivity index (χ0n) is 6.34. The van der Waals surface area contributed by atoms with Crippen molar-refractivity contribution in [3.05, 3.63) is 0 Å². The van der Waals surface area contributed by atoms with Gasteiger partial charge in [-0.2, -0.15) is 5.26 Å². The van der Waals surface area contributed by atoms with Crippen LogP contribution in [0.5, 0.6) is 0 Å². The van der Waals surface area contributed by atoms with Crippen LogP contribution >= 0.6 is 0 Å². The van der Waals surface area contributed by atoms with Gasteiger partial charge in [-0.15, -0.1) is 0 Å². The third-order valence-electron chi connectivity index (χ3n) is 1.81. The third kappa shape index (κ3) is 2.11. The molecule has 0 radical (unpaired) electrons. The first-order valence-corrected chi connectivity index (χ1v) is 3.78. The number of rotatable bonds is 0. The lowest BCUT2D eigenvalue weighted by molar-refractivity contribution is 0.190. The van der Waals surface area contributed by atoms with E-state index in [4.69, 9.17) is 5.26 Å². The highest BCUT2D eigenvalue weighted by atomic mass is 16.2. The fraction of sp³-hybridized carbons (Fsp3) is 0.714. The van der Waals surface area contributed by atoms with Crippen molar-refractivity contribution >= 4 is 6.03 Å². The maximum Gasteiger partial charge on any atom is 0.330 e. The molecular weight excluding hydrogens is 142 g/mol. The molecule has 0 bridgehead atoms. The van der Waals surface area contributed by atoms with Gasteiger partial charge in [0.2, 0.25) is 0 Å². The molecule has 4 nitrogen and oxygen atoms in total. The molecular formula is C7H11N3O. The van der Waals surface area contributed by atoms with Gasteiger partial charge < -0.3 is 4.90 Å². The largest absolute Gasteiger partial charge is 0.330 e. The molecule has 4 heteroatoms. The van der Waals surface area contributed by atoms with E-state index >= 15 is 0 Å². The molecule has 0 spiro atoms. The first kappa shape index (κ1) is 7.86. The van der Waals surface area contributed by atoms with E-state index in [0.717, 1.165) is 25.9 Å². The summed E-state index contributed by atoms with van der Waals surface area (Å²) in [6.07, 6.45) is 4.92. The second-order valence-electron chi connectivity index (χ2n) is 2.59. The molecule has 0 aromatic heterocycles. The number of carbonyl (C=O) groups excluding carboxylic acids is 1. The fourth-order valence-corrected chi connectivity index (χ4v) is 1.22. The van der Waals surface area contributed by atoms with Crippen molar-refractivity contribution in [2.75, 3.05) is 13.1 Å². The normalized spacial score (nSPS) is 17.2. The molecule has 0 atom stereocenters. The Morgan fingerprint density at radius 1 is 1.36 bits per heavy atom. The van der Waals surface area contributed by atoms with Crippen LogP contribution in [-0.4, -0.2) is 24.0 Å². The Hall–Kier alpha value is -1.24. The van der Waals surface area contributed by atoms with E-state index in [1.165, 1.54) is 6.42 Å². The molecule has 0 saturated carbocycles. The summed E-state index contributed by atoms with van der Waals surface area (Å²) >= 11 is 0. The van der Waals surface area contributed by atoms with E-state index < -0.39 is 0 Å². The minimum atomic E-state index is -0.257. The molecule has 1 fully saturated rings. The predicted molar refractivity (Wildman–Crippen MR) is 39.6 cm³/mol. The van der Waals surface area contributed by atoms with Crippen molar-refractivity contribution in [3.63, 3.8) is 0 Å². The summed E-state index contributed by atoms with van der Waals surface area (Å²) in [5.41, 5.74) is 0. The van der Waals surface area contributed by atoms with Crippen molar-refractivity contribution in [2.24, 2.45) is 0 Å². The third-order valence-corrected chi connectivity index (χ3v) is 1.81. The molecule has 0 aliphatic carbocycles. The SMILES string of the molecule is N#CNC(=O)N1CCCCC1. The van der Waals surface area contributed by atoms with Crippen LogP contribution in [-0.2, 0) is 0 Å². The summed E-state index contributed by atoms with van der Waals surface area (Å²) in [4.78, 5) is 12.7. The number of nitrogens with zero attached hydrogens (tertiary/aromatic N) is 2. The number of nitriles is 1. The van der Waals surface area contributed by atoms with Crippen LogP contribution in [0.15, 0.2) is 0 Å². The Balaban J connectivity index is 2.34. The van der Waals surface area contributed by atoms with Gasteiger partial charge in [0, 0.05) is 13.1 Å². The Labute approximate surface area is 65.8 Å². The van der Waals surface area contributed by atoms with Gasteiger partial charge in [-0.25, -0.2) is 10.1 Å². The summed E-state index contributed by atoms with van der Waals surface area (Å²) < 4.78 is 0. The van der Waals surface area contributed by atoms with Crippen molar-refractivity contribution in [1.29, 1.82) is 5.26 Å². The van der Waals surface area contributed by atoms with Crippen LogP contribution in [0.25, 0.3) is 0 Å². The van der Waals surface area contributed by atoms with Gasteiger partial charge in [0.25, 0.3) is 0 Å². The summed E-state index contributed by atoms with van der Waals surface area (Å²) in [5.74, 6) is 0. The van der Waals surface area contributed by atoms with Gasteiger partial charge in [-0.1, -0.05) is 0 Å². The molecule has 60 valence electrons. The zero-order valence-corrected chi connectivity index (χ0v) is 6.34. The Kier molecular flexibility index (Phi) is 2.73. The van der Waals surface area contributed by atoms with E-state index in [1.807, 2.05) is 0 Å². The first-order chi connectivity index (χ1) is 5.34. The molecule has 0 aromatic rings. The minimum absolute atomic E-state index is 0.257. The van der Waals surface area contributed by atoms with E-state index in [0.29, 0.717) is 0 Å². The van der Waals surface area contributed by atoms with E-state index in [9.17, 15) is 4.79 Å². The summed E-state index contributed by atoms with van der Waals surface area (Å²) in [7, 11) is 0. The number of piperidine rings is 1. The molecule has 0 unspecified atom stereocenters. The lowest BCUT2D eigenvalue weighted by atomic mass is 10.1. The Bertz CT molecular complexity index is 179. The zero-order chi connectivity index (χ0) is 8.10. The molecule has 1 aliphatic rings. The van der Waals surface area contributed by atoms with Gasteiger partial charge in [0.1, 0.15) is 0 Å². The first-order valence-electron chi connectivity index (χ1n) is 3.78. The van der Waals surface area contributed by atoms with Crippen LogP contribution in [0.1, 0.15) is 19.3 Å². The average Bonchev–Trinajstić information content (AvgIpc) is 2.07. The van der Waals surface area contributed by atoms with Gasteiger partial charge in [0.05, 0.1) is 0 Å². The quantitative estimate of drug-likeness (QED) is 0.410.